The van der Waals surface area contributed by atoms with E-state index in [1.165, 1.54) is 0 Å². The topological polar surface area (TPSA) is 52.4 Å². The maximum Gasteiger partial charge on any atom is 0.294 e. The van der Waals surface area contributed by atoms with E-state index in [0.717, 1.165) is 12.8 Å². The summed E-state index contributed by atoms with van der Waals surface area (Å²) in [7, 11) is 0. The Balaban J connectivity index is 3.51. The Bertz CT molecular complexity index is 127. The van der Waals surface area contributed by atoms with Gasteiger partial charge in [-0.25, -0.2) is 0 Å². The fourth-order valence-corrected chi connectivity index (χ4v) is 0.923. The SMILES string of the molecule is CCC(C)CC(C)O[N+](=O)[O-]. The smallest absolute Gasteiger partial charge is 0.294 e. The van der Waals surface area contributed by atoms with Gasteiger partial charge in [-0.15, -0.1) is 10.1 Å². The summed E-state index contributed by atoms with van der Waals surface area (Å²) >= 11 is 0. The van der Waals surface area contributed by atoms with Gasteiger partial charge in [-0.05, 0) is 19.3 Å². The quantitative estimate of drug-likeness (QED) is 0.458. The molecular weight excluding hydrogens is 146 g/mol. The lowest BCUT2D eigenvalue weighted by Crippen LogP contribution is -2.16. The van der Waals surface area contributed by atoms with Crippen LogP contribution in [0, 0.1) is 16.0 Å². The first-order valence-electron chi connectivity index (χ1n) is 3.87. The van der Waals surface area contributed by atoms with Crippen molar-refractivity contribution in [2.45, 2.75) is 39.7 Å². The lowest BCUT2D eigenvalue weighted by atomic mass is 10.0. The van der Waals surface area contributed by atoms with Crippen LogP contribution in [0.1, 0.15) is 33.6 Å². The van der Waals surface area contributed by atoms with Crippen LogP contribution in [-0.4, -0.2) is 11.2 Å². The summed E-state index contributed by atoms with van der Waals surface area (Å²) in [6.45, 7) is 5.83. The average Bonchev–Trinajstić information content (AvgIpc) is 1.85. The summed E-state index contributed by atoms with van der Waals surface area (Å²) in [5.41, 5.74) is 0. The van der Waals surface area contributed by atoms with Gasteiger partial charge >= 0.3 is 0 Å². The first-order valence-corrected chi connectivity index (χ1v) is 3.87. The zero-order chi connectivity index (χ0) is 8.85. The fraction of sp³-hybridized carbons (Fsp3) is 1.00. The number of hydrogen-bond donors (Lipinski definition) is 0. The minimum atomic E-state index is -0.729. The molecule has 0 rings (SSSR count). The standard InChI is InChI=1S/C7H15NO3/c1-4-6(2)5-7(3)11-8(9)10/h6-7H,4-5H2,1-3H3. The molecule has 0 heterocycles. The van der Waals surface area contributed by atoms with E-state index in [2.05, 4.69) is 18.7 Å². The van der Waals surface area contributed by atoms with Gasteiger partial charge in [0.15, 0.2) is 0 Å². The minimum absolute atomic E-state index is 0.278. The molecule has 0 aliphatic heterocycles. The summed E-state index contributed by atoms with van der Waals surface area (Å²) in [6, 6.07) is 0. The van der Waals surface area contributed by atoms with Crippen LogP contribution in [0.15, 0.2) is 0 Å². The van der Waals surface area contributed by atoms with E-state index in [0.29, 0.717) is 5.92 Å². The average molecular weight is 161 g/mol. The first-order chi connectivity index (χ1) is 5.06. The highest BCUT2D eigenvalue weighted by Gasteiger charge is 2.09. The molecule has 2 atom stereocenters. The van der Waals surface area contributed by atoms with E-state index in [4.69, 9.17) is 0 Å². The van der Waals surface area contributed by atoms with Gasteiger partial charge in [-0.3, -0.25) is 0 Å². The molecule has 4 heteroatoms. The first kappa shape index (κ1) is 10.2. The zero-order valence-corrected chi connectivity index (χ0v) is 7.24. The minimum Gasteiger partial charge on any atom is -0.311 e. The van der Waals surface area contributed by atoms with Crippen LogP contribution in [0.25, 0.3) is 0 Å². The third-order valence-electron chi connectivity index (χ3n) is 1.70. The molecule has 0 saturated carbocycles. The molecule has 0 spiro atoms. The Morgan fingerprint density at radius 3 is 2.45 bits per heavy atom. The van der Waals surface area contributed by atoms with Crippen LogP contribution in [-0.2, 0) is 4.84 Å². The van der Waals surface area contributed by atoms with Gasteiger partial charge in [-0.2, -0.15) is 0 Å². The predicted molar refractivity (Wildman–Crippen MR) is 41.6 cm³/mol. The number of nitrogens with zero attached hydrogens (tertiary/aromatic N) is 1. The van der Waals surface area contributed by atoms with Crippen molar-refractivity contribution in [3.63, 3.8) is 0 Å². The van der Waals surface area contributed by atoms with E-state index in [1.54, 1.807) is 6.92 Å². The second-order valence-corrected chi connectivity index (χ2v) is 2.89. The molecule has 0 amide bonds. The predicted octanol–water partition coefficient (Wildman–Crippen LogP) is 2.02. The van der Waals surface area contributed by atoms with Crippen LogP contribution in [0.2, 0.25) is 0 Å². The lowest BCUT2D eigenvalue weighted by Gasteiger charge is -2.13. The van der Waals surface area contributed by atoms with Crippen molar-refractivity contribution in [2.75, 3.05) is 0 Å². The molecule has 0 aliphatic rings. The normalized spacial score (nSPS) is 15.5. The van der Waals surface area contributed by atoms with Gasteiger partial charge in [-0.1, -0.05) is 20.3 Å². The van der Waals surface area contributed by atoms with Crippen molar-refractivity contribution in [1.82, 2.24) is 0 Å². The Labute approximate surface area is 66.6 Å². The molecule has 2 unspecified atom stereocenters. The molecule has 0 N–H and O–H groups in total. The fourth-order valence-electron chi connectivity index (χ4n) is 0.923. The maximum atomic E-state index is 9.86. The maximum absolute atomic E-state index is 9.86. The van der Waals surface area contributed by atoms with Crippen LogP contribution in [0.3, 0.4) is 0 Å². The van der Waals surface area contributed by atoms with Crippen molar-refractivity contribution in [3.8, 4) is 0 Å². The van der Waals surface area contributed by atoms with Crippen LogP contribution < -0.4 is 0 Å². The molecule has 66 valence electrons. The molecule has 0 aromatic carbocycles. The van der Waals surface area contributed by atoms with Crippen LogP contribution in [0.4, 0.5) is 0 Å². The second-order valence-electron chi connectivity index (χ2n) is 2.89. The Morgan fingerprint density at radius 1 is 1.55 bits per heavy atom. The van der Waals surface area contributed by atoms with Crippen molar-refractivity contribution < 1.29 is 9.92 Å². The highest BCUT2D eigenvalue weighted by atomic mass is 17.0. The summed E-state index contributed by atoms with van der Waals surface area (Å²) in [5.74, 6) is 0.491. The van der Waals surface area contributed by atoms with Crippen LogP contribution >= 0.6 is 0 Å². The molecule has 0 fully saturated rings. The van der Waals surface area contributed by atoms with Gasteiger partial charge in [0.2, 0.25) is 0 Å². The highest BCUT2D eigenvalue weighted by molar-refractivity contribution is 4.54. The summed E-state index contributed by atoms with van der Waals surface area (Å²) in [6.07, 6.45) is 1.50. The zero-order valence-electron chi connectivity index (χ0n) is 7.24. The highest BCUT2D eigenvalue weighted by Crippen LogP contribution is 2.11. The largest absolute Gasteiger partial charge is 0.311 e. The molecule has 11 heavy (non-hydrogen) atoms. The molecule has 4 nitrogen and oxygen atoms in total. The van der Waals surface area contributed by atoms with Crippen molar-refractivity contribution in [3.05, 3.63) is 10.1 Å². The molecule has 0 bridgehead atoms. The molecule has 0 aromatic heterocycles. The van der Waals surface area contributed by atoms with Gasteiger partial charge in [0.25, 0.3) is 5.09 Å². The number of hydrogen-bond acceptors (Lipinski definition) is 3. The lowest BCUT2D eigenvalue weighted by molar-refractivity contribution is -0.768. The van der Waals surface area contributed by atoms with Gasteiger partial charge in [0.1, 0.15) is 6.10 Å². The second kappa shape index (κ2) is 4.93. The Kier molecular flexibility index (Phi) is 4.57. The third kappa shape index (κ3) is 5.63. The van der Waals surface area contributed by atoms with Crippen molar-refractivity contribution in [2.24, 2.45) is 5.92 Å². The monoisotopic (exact) mass is 161 g/mol. The molecule has 0 aromatic rings. The molecule has 0 aliphatic carbocycles. The number of rotatable bonds is 5. The summed E-state index contributed by atoms with van der Waals surface area (Å²) < 4.78 is 0. The van der Waals surface area contributed by atoms with E-state index < -0.39 is 5.09 Å². The van der Waals surface area contributed by atoms with E-state index in [9.17, 15) is 10.1 Å². The Morgan fingerprint density at radius 2 is 2.09 bits per heavy atom. The molecule has 0 radical (unpaired) electrons. The van der Waals surface area contributed by atoms with Gasteiger partial charge in [0, 0.05) is 0 Å². The van der Waals surface area contributed by atoms with Crippen molar-refractivity contribution >= 4 is 0 Å². The van der Waals surface area contributed by atoms with Gasteiger partial charge in [0.05, 0.1) is 0 Å². The third-order valence-corrected chi connectivity index (χ3v) is 1.70. The van der Waals surface area contributed by atoms with Crippen molar-refractivity contribution in [1.29, 1.82) is 0 Å². The van der Waals surface area contributed by atoms with E-state index >= 15 is 0 Å². The van der Waals surface area contributed by atoms with Gasteiger partial charge < -0.3 is 4.84 Å². The van der Waals surface area contributed by atoms with Crippen LogP contribution in [0.5, 0.6) is 0 Å². The molecular formula is C7H15NO3. The van der Waals surface area contributed by atoms with E-state index in [1.807, 2.05) is 0 Å². The summed E-state index contributed by atoms with van der Waals surface area (Å²) in [5, 5.41) is 9.13. The van der Waals surface area contributed by atoms with E-state index in [-0.39, 0.29) is 6.10 Å². The molecule has 0 saturated heterocycles. The summed E-state index contributed by atoms with van der Waals surface area (Å²) in [4.78, 5) is 14.2. The Hall–Kier alpha value is -0.800.